The van der Waals surface area contributed by atoms with E-state index in [4.69, 9.17) is 0 Å². The van der Waals surface area contributed by atoms with Crippen molar-refractivity contribution in [2.75, 3.05) is 20.6 Å². The number of phenolic OH excluding ortho intramolecular Hbond substituents is 1. The highest BCUT2D eigenvalue weighted by Crippen LogP contribution is 2.53. The molecule has 1 amide bonds. The van der Waals surface area contributed by atoms with Gasteiger partial charge in [0.2, 0.25) is 5.91 Å². The number of likely N-dealkylation sites (N-methyl/N-ethyl adjacent to an activating group) is 1. The van der Waals surface area contributed by atoms with Gasteiger partial charge in [-0.15, -0.1) is 0 Å². The molecule has 1 saturated carbocycles. The van der Waals surface area contributed by atoms with E-state index in [1.807, 2.05) is 58.3 Å². The topological polar surface area (TPSA) is 52.6 Å². The van der Waals surface area contributed by atoms with Gasteiger partial charge in [-0.2, -0.15) is 0 Å². The maximum atomic E-state index is 12.8. The average Bonchev–Trinajstić information content (AvgIpc) is 3.34. The number of carbonyl (C=O) groups excluding carboxylic acids is 1. The molecule has 2 aromatic rings. The number of aryl methyl sites for hydroxylation is 2. The van der Waals surface area contributed by atoms with Crippen molar-refractivity contribution in [1.82, 2.24) is 10.2 Å². The van der Waals surface area contributed by atoms with Gasteiger partial charge in [-0.25, -0.2) is 0 Å². The highest BCUT2D eigenvalue weighted by atomic mass is 16.3. The fraction of sp³-hybridized carbons (Fsp3) is 0.458. The van der Waals surface area contributed by atoms with Crippen LogP contribution in [0.5, 0.6) is 5.75 Å². The molecule has 1 aliphatic rings. The minimum Gasteiger partial charge on any atom is -0.508 e. The van der Waals surface area contributed by atoms with Crippen LogP contribution in [0.4, 0.5) is 0 Å². The predicted molar refractivity (Wildman–Crippen MR) is 114 cm³/mol. The molecule has 2 N–H and O–H groups in total. The first kappa shape index (κ1) is 20.4. The molecule has 0 saturated heterocycles. The van der Waals surface area contributed by atoms with Crippen LogP contribution in [0.1, 0.15) is 35.6 Å². The van der Waals surface area contributed by atoms with Crippen molar-refractivity contribution in [2.24, 2.45) is 5.92 Å². The summed E-state index contributed by atoms with van der Waals surface area (Å²) in [7, 11) is 4.10. The first-order valence-corrected chi connectivity index (χ1v) is 10.0. The molecule has 28 heavy (non-hydrogen) atoms. The predicted octanol–water partition coefficient (Wildman–Crippen LogP) is 3.58. The van der Waals surface area contributed by atoms with E-state index in [9.17, 15) is 9.90 Å². The Morgan fingerprint density at radius 2 is 1.82 bits per heavy atom. The van der Waals surface area contributed by atoms with Crippen LogP contribution in [0.3, 0.4) is 0 Å². The molecule has 1 unspecified atom stereocenters. The molecule has 0 bridgehead atoms. The summed E-state index contributed by atoms with van der Waals surface area (Å²) < 4.78 is 0. The van der Waals surface area contributed by atoms with Crippen LogP contribution in [-0.2, 0) is 16.6 Å². The normalized spacial score (nSPS) is 22.1. The van der Waals surface area contributed by atoms with Crippen LogP contribution in [-0.4, -0.2) is 42.6 Å². The van der Waals surface area contributed by atoms with E-state index in [2.05, 4.69) is 29.3 Å². The standard InChI is InChI=1S/C24H32N2O2/c1-16-11-20(27)12-17(2)21(16)13-19(26(4)5)15-25-23(28)22-14-24(22,3)18-9-7-6-8-10-18/h6-12,19,22,27H,13-15H2,1-5H3,(H,25,28)/t19?,22-,24-/m0/s1. The van der Waals surface area contributed by atoms with Gasteiger partial charge in [0.05, 0.1) is 0 Å². The van der Waals surface area contributed by atoms with Crippen molar-refractivity contribution in [3.05, 3.63) is 64.7 Å². The van der Waals surface area contributed by atoms with Crippen LogP contribution in [0.2, 0.25) is 0 Å². The van der Waals surface area contributed by atoms with Crippen LogP contribution >= 0.6 is 0 Å². The van der Waals surface area contributed by atoms with Crippen LogP contribution in [0.15, 0.2) is 42.5 Å². The molecule has 0 radical (unpaired) electrons. The number of phenols is 1. The Morgan fingerprint density at radius 3 is 2.39 bits per heavy atom. The Hall–Kier alpha value is -2.33. The lowest BCUT2D eigenvalue weighted by Gasteiger charge is -2.26. The van der Waals surface area contributed by atoms with Crippen molar-refractivity contribution in [3.8, 4) is 5.75 Å². The minimum atomic E-state index is -0.0386. The van der Waals surface area contributed by atoms with Crippen molar-refractivity contribution >= 4 is 5.91 Å². The smallest absolute Gasteiger partial charge is 0.224 e. The van der Waals surface area contributed by atoms with Crippen LogP contribution in [0, 0.1) is 19.8 Å². The molecule has 2 aromatic carbocycles. The van der Waals surface area contributed by atoms with Gasteiger partial charge in [-0.1, -0.05) is 37.3 Å². The number of rotatable bonds is 7. The molecule has 3 rings (SSSR count). The zero-order chi connectivity index (χ0) is 20.5. The van der Waals surface area contributed by atoms with Crippen molar-refractivity contribution in [1.29, 1.82) is 0 Å². The Balaban J connectivity index is 1.63. The van der Waals surface area contributed by atoms with Gasteiger partial charge < -0.3 is 15.3 Å². The zero-order valence-electron chi connectivity index (χ0n) is 17.6. The van der Waals surface area contributed by atoms with E-state index in [0.29, 0.717) is 12.3 Å². The van der Waals surface area contributed by atoms with Crippen LogP contribution < -0.4 is 5.32 Å². The number of hydrogen-bond acceptors (Lipinski definition) is 3. The van der Waals surface area contributed by atoms with E-state index < -0.39 is 0 Å². The van der Waals surface area contributed by atoms with Crippen molar-refractivity contribution in [2.45, 2.75) is 45.1 Å². The summed E-state index contributed by atoms with van der Waals surface area (Å²) in [4.78, 5) is 15.0. The highest BCUT2D eigenvalue weighted by molar-refractivity contribution is 5.84. The van der Waals surface area contributed by atoms with E-state index in [-0.39, 0.29) is 23.3 Å². The number of amides is 1. The Bertz CT molecular complexity index is 824. The number of nitrogens with zero attached hydrogens (tertiary/aromatic N) is 1. The van der Waals surface area contributed by atoms with E-state index >= 15 is 0 Å². The Kier molecular flexibility index (Phi) is 5.80. The van der Waals surface area contributed by atoms with Crippen molar-refractivity contribution in [3.63, 3.8) is 0 Å². The zero-order valence-corrected chi connectivity index (χ0v) is 17.6. The molecule has 3 atom stereocenters. The third-order valence-corrected chi connectivity index (χ3v) is 6.35. The first-order valence-electron chi connectivity index (χ1n) is 10.0. The fourth-order valence-corrected chi connectivity index (χ4v) is 4.19. The average molecular weight is 381 g/mol. The molecule has 0 heterocycles. The molecular weight excluding hydrogens is 348 g/mol. The number of benzene rings is 2. The fourth-order valence-electron chi connectivity index (χ4n) is 4.19. The molecule has 4 heteroatoms. The number of nitrogens with one attached hydrogen (secondary N) is 1. The lowest BCUT2D eigenvalue weighted by Crippen LogP contribution is -2.42. The van der Waals surface area contributed by atoms with Gasteiger partial charge in [0.1, 0.15) is 5.75 Å². The molecule has 0 aromatic heterocycles. The molecule has 0 spiro atoms. The Labute approximate surface area is 168 Å². The summed E-state index contributed by atoms with van der Waals surface area (Å²) in [5.41, 5.74) is 4.63. The lowest BCUT2D eigenvalue weighted by atomic mass is 9.94. The van der Waals surface area contributed by atoms with Gasteiger partial charge in [0.15, 0.2) is 0 Å². The van der Waals surface area contributed by atoms with Crippen LogP contribution in [0.25, 0.3) is 0 Å². The summed E-state index contributed by atoms with van der Waals surface area (Å²) in [6, 6.07) is 14.1. The number of carbonyl (C=O) groups is 1. The van der Waals surface area contributed by atoms with Crippen molar-refractivity contribution < 1.29 is 9.90 Å². The summed E-state index contributed by atoms with van der Waals surface area (Å²) in [5.74, 6) is 0.509. The molecule has 1 fully saturated rings. The molecule has 4 nitrogen and oxygen atoms in total. The summed E-state index contributed by atoms with van der Waals surface area (Å²) in [6.07, 6.45) is 1.75. The van der Waals surface area contributed by atoms with Gasteiger partial charge in [-0.3, -0.25) is 4.79 Å². The molecule has 0 aliphatic heterocycles. The number of aromatic hydroxyl groups is 1. The lowest BCUT2D eigenvalue weighted by molar-refractivity contribution is -0.122. The maximum absolute atomic E-state index is 12.8. The summed E-state index contributed by atoms with van der Waals surface area (Å²) >= 11 is 0. The SMILES string of the molecule is Cc1cc(O)cc(C)c1CC(CNC(=O)[C@@H]1C[C@@]1(C)c1ccccc1)N(C)C. The second kappa shape index (κ2) is 7.96. The first-order chi connectivity index (χ1) is 13.2. The van der Waals surface area contributed by atoms with Gasteiger partial charge in [0, 0.05) is 23.9 Å². The Morgan fingerprint density at radius 1 is 1.21 bits per heavy atom. The van der Waals surface area contributed by atoms with Gasteiger partial charge in [0.25, 0.3) is 0 Å². The van der Waals surface area contributed by atoms with Gasteiger partial charge in [-0.05, 0) is 75.2 Å². The third-order valence-electron chi connectivity index (χ3n) is 6.35. The second-order valence-electron chi connectivity index (χ2n) is 8.67. The van der Waals surface area contributed by atoms with E-state index in [1.54, 1.807) is 0 Å². The maximum Gasteiger partial charge on any atom is 0.224 e. The van der Waals surface area contributed by atoms with E-state index in [1.165, 1.54) is 11.1 Å². The monoisotopic (exact) mass is 380 g/mol. The van der Waals surface area contributed by atoms with E-state index in [0.717, 1.165) is 24.0 Å². The summed E-state index contributed by atoms with van der Waals surface area (Å²) in [6.45, 7) is 6.86. The second-order valence-corrected chi connectivity index (χ2v) is 8.67. The molecule has 1 aliphatic carbocycles. The van der Waals surface area contributed by atoms with Gasteiger partial charge >= 0.3 is 0 Å². The summed E-state index contributed by atoms with van der Waals surface area (Å²) in [5, 5.41) is 13.0. The molecule has 150 valence electrons. The molecular formula is C24H32N2O2. The minimum absolute atomic E-state index is 0.0386. The largest absolute Gasteiger partial charge is 0.508 e. The third kappa shape index (κ3) is 4.22. The highest BCUT2D eigenvalue weighted by Gasteiger charge is 2.55. The quantitative estimate of drug-likeness (QED) is 0.772. The number of hydrogen-bond donors (Lipinski definition) is 2.